The van der Waals surface area contributed by atoms with Gasteiger partial charge in [0.1, 0.15) is 0 Å². The Balaban J connectivity index is 2.21. The monoisotopic (exact) mass is 272 g/mol. The molecule has 2 nitrogen and oxygen atoms in total. The van der Waals surface area contributed by atoms with Gasteiger partial charge >= 0.3 is 12.6 Å². The zero-order valence-electron chi connectivity index (χ0n) is 10.6. The molecule has 0 unspecified atom stereocenters. The minimum absolute atomic E-state index is 0.604. The van der Waals surface area contributed by atoms with E-state index in [0.717, 1.165) is 49.8 Å². The summed E-state index contributed by atoms with van der Waals surface area (Å²) in [6, 6.07) is 5.32. The van der Waals surface area contributed by atoms with E-state index in [2.05, 4.69) is 5.32 Å². The van der Waals surface area contributed by atoms with Crippen molar-refractivity contribution in [2.24, 2.45) is 0 Å². The summed E-state index contributed by atoms with van der Waals surface area (Å²) in [7, 11) is 0. The summed E-state index contributed by atoms with van der Waals surface area (Å²) in [6.45, 7) is 0.629. The Bertz CT molecular complexity index is 373. The molecule has 0 aliphatic heterocycles. The Morgan fingerprint density at radius 3 is 2.21 bits per heavy atom. The van der Waals surface area contributed by atoms with E-state index in [1.807, 2.05) is 0 Å². The minimum Gasteiger partial charge on any atom is -0.348 e. The molecule has 0 saturated carbocycles. The number of unbranched alkanes of at least 4 members (excludes halogenated alkanes) is 3. The maximum atomic E-state index is 12.3. The third-order valence-electron chi connectivity index (χ3n) is 2.87. The van der Waals surface area contributed by atoms with Gasteiger partial charge in [-0.25, -0.2) is 0 Å². The highest BCUT2D eigenvalue weighted by Gasteiger charge is 2.29. The maximum Gasteiger partial charge on any atom is 0.416 e. The van der Waals surface area contributed by atoms with Crippen molar-refractivity contribution in [2.45, 2.75) is 38.3 Å². The second-order valence-electron chi connectivity index (χ2n) is 4.39. The molecule has 1 aromatic rings. The first kappa shape index (κ1) is 15.5. The van der Waals surface area contributed by atoms with Crippen LogP contribution in [0.5, 0.6) is 0 Å². The summed E-state index contributed by atoms with van der Waals surface area (Å²) in [5, 5.41) is 2.47. The molecule has 0 saturated heterocycles. The predicted octanol–water partition coefficient (Wildman–Crippen LogP) is 3.47. The number of amides is 1. The zero-order valence-corrected chi connectivity index (χ0v) is 10.6. The van der Waals surface area contributed by atoms with Crippen molar-refractivity contribution in [1.29, 1.82) is 0 Å². The molecule has 0 aliphatic rings. The molecule has 0 aromatic heterocycles. The lowest BCUT2D eigenvalue weighted by Gasteiger charge is -2.07. The summed E-state index contributed by atoms with van der Waals surface area (Å²) in [4.78, 5) is 9.86. The Morgan fingerprint density at radius 1 is 1.00 bits per heavy atom. The van der Waals surface area contributed by atoms with Crippen LogP contribution >= 0.6 is 0 Å². The third kappa shape index (κ3) is 6.27. The average Bonchev–Trinajstić information content (AvgIpc) is 2.37. The Kier molecular flexibility index (Phi) is 6.39. The lowest BCUT2D eigenvalue weighted by atomic mass is 10.0. The van der Waals surface area contributed by atoms with Gasteiger partial charge in [0.15, 0.2) is 0 Å². The Hall–Kier alpha value is -1.52. The summed E-state index contributed by atoms with van der Waals surface area (Å²) in [5.74, 6) is 0. The van der Waals surface area contributed by atoms with E-state index in [0.29, 0.717) is 6.54 Å². The Morgan fingerprint density at radius 2 is 1.63 bits per heavy atom. The van der Waals surface area contributed by atoms with Gasteiger partial charge in [0.2, 0.25) is 0 Å². The second kappa shape index (κ2) is 7.81. The van der Waals surface area contributed by atoms with E-state index >= 15 is 0 Å². The molecule has 0 fully saturated rings. The molecule has 0 heterocycles. The topological polar surface area (TPSA) is 29.1 Å². The van der Waals surface area contributed by atoms with Crippen molar-refractivity contribution in [3.8, 4) is 0 Å². The lowest BCUT2D eigenvalue weighted by molar-refractivity contribution is -0.137. The molecule has 1 radical (unpaired) electrons. The highest BCUT2D eigenvalue weighted by atomic mass is 19.4. The number of benzene rings is 1. The van der Waals surface area contributed by atoms with Gasteiger partial charge in [-0.2, -0.15) is 13.2 Å². The smallest absolute Gasteiger partial charge is 0.348 e. The molecular formula is C14H17F3NO. The van der Waals surface area contributed by atoms with Crippen LogP contribution in [0.1, 0.15) is 36.8 Å². The molecule has 5 heteroatoms. The average molecular weight is 272 g/mol. The number of hydrogen-bond donors (Lipinski definition) is 1. The molecular weight excluding hydrogens is 255 g/mol. The first-order valence-corrected chi connectivity index (χ1v) is 6.30. The van der Waals surface area contributed by atoms with Gasteiger partial charge in [0.05, 0.1) is 5.56 Å². The van der Waals surface area contributed by atoms with Crippen LogP contribution in [0.25, 0.3) is 0 Å². The van der Waals surface area contributed by atoms with Gasteiger partial charge in [-0.15, -0.1) is 0 Å². The van der Waals surface area contributed by atoms with E-state index < -0.39 is 11.7 Å². The van der Waals surface area contributed by atoms with Crippen molar-refractivity contribution in [3.05, 3.63) is 35.4 Å². The van der Waals surface area contributed by atoms with Gasteiger partial charge in [-0.05, 0) is 37.0 Å². The van der Waals surface area contributed by atoms with Gasteiger partial charge in [0, 0.05) is 6.54 Å². The molecule has 0 bridgehead atoms. The highest BCUT2D eigenvalue weighted by molar-refractivity contribution is 5.46. The van der Waals surface area contributed by atoms with Crippen molar-refractivity contribution in [3.63, 3.8) is 0 Å². The van der Waals surface area contributed by atoms with Crippen LogP contribution in [0, 0.1) is 0 Å². The standard InChI is InChI=1S/C14H17F3NO/c15-14(16,17)13-8-6-12(7-9-13)5-3-1-2-4-10-18-11-19/h6-9H,1-5,10H2,(H,18,19). The zero-order chi connectivity index (χ0) is 14.1. The van der Waals surface area contributed by atoms with E-state index in [9.17, 15) is 18.0 Å². The number of halogens is 3. The normalized spacial score (nSPS) is 11.3. The number of carbonyl (C=O) groups excluding carboxylic acids is 1. The van der Waals surface area contributed by atoms with Crippen molar-refractivity contribution >= 4 is 6.41 Å². The fraction of sp³-hybridized carbons (Fsp3) is 0.500. The predicted molar refractivity (Wildman–Crippen MR) is 67.3 cm³/mol. The fourth-order valence-corrected chi connectivity index (χ4v) is 1.81. The SMILES string of the molecule is O=[C]NCCCCCCc1ccc(C(F)(F)F)cc1. The number of nitrogens with one attached hydrogen (secondary N) is 1. The van der Waals surface area contributed by atoms with E-state index in [-0.39, 0.29) is 0 Å². The largest absolute Gasteiger partial charge is 0.416 e. The van der Waals surface area contributed by atoms with Crippen LogP contribution in [0.4, 0.5) is 13.2 Å². The first-order valence-electron chi connectivity index (χ1n) is 6.30. The van der Waals surface area contributed by atoms with Crippen molar-refractivity contribution in [1.82, 2.24) is 5.32 Å². The molecule has 1 aromatic carbocycles. The van der Waals surface area contributed by atoms with Crippen LogP contribution in [-0.4, -0.2) is 13.0 Å². The quantitative estimate of drug-likeness (QED) is 0.570. The molecule has 0 aliphatic carbocycles. The summed E-state index contributed by atoms with van der Waals surface area (Å²) in [6.07, 6.45) is 1.97. The third-order valence-corrected chi connectivity index (χ3v) is 2.87. The van der Waals surface area contributed by atoms with Crippen molar-refractivity contribution < 1.29 is 18.0 Å². The summed E-state index contributed by atoms with van der Waals surface area (Å²) >= 11 is 0. The molecule has 1 N–H and O–H groups in total. The van der Waals surface area contributed by atoms with E-state index in [1.165, 1.54) is 12.1 Å². The molecule has 0 spiro atoms. The van der Waals surface area contributed by atoms with Gasteiger partial charge in [0.25, 0.3) is 0 Å². The fourth-order valence-electron chi connectivity index (χ4n) is 1.81. The molecule has 0 atom stereocenters. The maximum absolute atomic E-state index is 12.3. The van der Waals surface area contributed by atoms with Crippen LogP contribution in [0.2, 0.25) is 0 Å². The number of alkyl halides is 3. The molecule has 19 heavy (non-hydrogen) atoms. The summed E-state index contributed by atoms with van der Waals surface area (Å²) < 4.78 is 37.0. The number of rotatable bonds is 8. The van der Waals surface area contributed by atoms with E-state index in [1.54, 1.807) is 6.41 Å². The summed E-state index contributed by atoms with van der Waals surface area (Å²) in [5.41, 5.74) is 0.319. The first-order chi connectivity index (χ1) is 9.04. The second-order valence-corrected chi connectivity index (χ2v) is 4.39. The van der Waals surface area contributed by atoms with Crippen LogP contribution in [0.15, 0.2) is 24.3 Å². The lowest BCUT2D eigenvalue weighted by Crippen LogP contribution is -2.11. The minimum atomic E-state index is -4.26. The Labute approximate surface area is 111 Å². The highest BCUT2D eigenvalue weighted by Crippen LogP contribution is 2.29. The van der Waals surface area contributed by atoms with Crippen molar-refractivity contribution in [2.75, 3.05) is 6.54 Å². The number of hydrogen-bond acceptors (Lipinski definition) is 1. The number of aryl methyl sites for hydroxylation is 1. The molecule has 1 rings (SSSR count). The van der Waals surface area contributed by atoms with Crippen LogP contribution in [0.3, 0.4) is 0 Å². The van der Waals surface area contributed by atoms with E-state index in [4.69, 9.17) is 0 Å². The van der Waals surface area contributed by atoms with Crippen LogP contribution in [-0.2, 0) is 17.4 Å². The van der Waals surface area contributed by atoms with Crippen LogP contribution < -0.4 is 5.32 Å². The van der Waals surface area contributed by atoms with Gasteiger partial charge < -0.3 is 5.32 Å². The molecule has 105 valence electrons. The van der Waals surface area contributed by atoms with Gasteiger partial charge in [-0.3, -0.25) is 4.79 Å². The van der Waals surface area contributed by atoms with Gasteiger partial charge in [-0.1, -0.05) is 25.0 Å². The molecule has 1 amide bonds.